The summed E-state index contributed by atoms with van der Waals surface area (Å²) in [5, 5.41) is 9.08. The lowest BCUT2D eigenvalue weighted by atomic mass is 10.0. The molecule has 1 aromatic carbocycles. The maximum atomic E-state index is 12.1. The van der Waals surface area contributed by atoms with Gasteiger partial charge in [-0.1, -0.05) is 30.3 Å². The standard InChI is InChI=1S/C14H8BrNOS/c15-13-7-6-12(18-13)8-11(9-16)14(17)10-4-2-1-3-5-10/h1-8H. The molecular formula is C14H8BrNOS. The Kier molecular flexibility index (Phi) is 4.08. The van der Waals surface area contributed by atoms with E-state index in [9.17, 15) is 4.79 Å². The summed E-state index contributed by atoms with van der Waals surface area (Å²) < 4.78 is 0.971. The van der Waals surface area contributed by atoms with Crippen LogP contribution < -0.4 is 0 Å². The van der Waals surface area contributed by atoms with Crippen LogP contribution in [0.3, 0.4) is 0 Å². The Morgan fingerprint density at radius 2 is 1.94 bits per heavy atom. The van der Waals surface area contributed by atoms with Gasteiger partial charge >= 0.3 is 0 Å². The van der Waals surface area contributed by atoms with E-state index in [1.54, 1.807) is 30.3 Å². The molecule has 0 aliphatic heterocycles. The predicted molar refractivity (Wildman–Crippen MR) is 76.4 cm³/mol. The SMILES string of the molecule is N#CC(=Cc1ccc(Br)s1)C(=O)c1ccccc1. The van der Waals surface area contributed by atoms with Gasteiger partial charge in [0.15, 0.2) is 0 Å². The molecule has 0 radical (unpaired) electrons. The third-order valence-electron chi connectivity index (χ3n) is 2.28. The summed E-state index contributed by atoms with van der Waals surface area (Å²) in [7, 11) is 0. The molecule has 0 N–H and O–H groups in total. The third kappa shape index (κ3) is 2.95. The number of rotatable bonds is 3. The Balaban J connectivity index is 2.33. The lowest BCUT2D eigenvalue weighted by Crippen LogP contribution is -2.01. The number of ketones is 1. The van der Waals surface area contributed by atoms with Crippen LogP contribution in [0.1, 0.15) is 15.2 Å². The van der Waals surface area contributed by atoms with Gasteiger partial charge in [0.05, 0.1) is 3.79 Å². The second-order valence-corrected chi connectivity index (χ2v) is 6.00. The van der Waals surface area contributed by atoms with Gasteiger partial charge in [-0.05, 0) is 34.1 Å². The number of nitrogens with zero attached hydrogens (tertiary/aromatic N) is 1. The van der Waals surface area contributed by atoms with Crippen LogP contribution in [-0.4, -0.2) is 5.78 Å². The van der Waals surface area contributed by atoms with Crippen LogP contribution in [0, 0.1) is 11.3 Å². The van der Waals surface area contributed by atoms with E-state index in [1.807, 2.05) is 24.3 Å². The number of carbonyl (C=O) groups excluding carboxylic acids is 1. The van der Waals surface area contributed by atoms with Gasteiger partial charge in [0.2, 0.25) is 5.78 Å². The molecule has 0 bridgehead atoms. The van der Waals surface area contributed by atoms with E-state index >= 15 is 0 Å². The summed E-state index contributed by atoms with van der Waals surface area (Å²) in [6.45, 7) is 0. The minimum absolute atomic E-state index is 0.149. The first-order valence-electron chi connectivity index (χ1n) is 5.17. The number of hydrogen-bond donors (Lipinski definition) is 0. The van der Waals surface area contributed by atoms with E-state index in [0.717, 1.165) is 8.66 Å². The number of thiophene rings is 1. The van der Waals surface area contributed by atoms with Crippen molar-refractivity contribution in [3.05, 3.63) is 62.3 Å². The van der Waals surface area contributed by atoms with Gasteiger partial charge in [0, 0.05) is 10.4 Å². The van der Waals surface area contributed by atoms with Gasteiger partial charge in [-0.2, -0.15) is 5.26 Å². The van der Waals surface area contributed by atoms with E-state index in [4.69, 9.17) is 5.26 Å². The molecule has 18 heavy (non-hydrogen) atoms. The molecule has 1 aromatic heterocycles. The Hall–Kier alpha value is -1.70. The molecule has 0 aliphatic carbocycles. The molecule has 0 saturated carbocycles. The molecular weight excluding hydrogens is 310 g/mol. The monoisotopic (exact) mass is 317 g/mol. The Morgan fingerprint density at radius 1 is 1.22 bits per heavy atom. The summed E-state index contributed by atoms with van der Waals surface area (Å²) in [4.78, 5) is 13.0. The van der Waals surface area contributed by atoms with Crippen molar-refractivity contribution in [2.45, 2.75) is 0 Å². The van der Waals surface area contributed by atoms with Gasteiger partial charge in [-0.15, -0.1) is 11.3 Å². The minimum atomic E-state index is -0.248. The van der Waals surface area contributed by atoms with Gasteiger partial charge in [-0.25, -0.2) is 0 Å². The molecule has 0 fully saturated rings. The van der Waals surface area contributed by atoms with Crippen LogP contribution in [0.4, 0.5) is 0 Å². The molecule has 0 amide bonds. The predicted octanol–water partition coefficient (Wildman–Crippen LogP) is 4.30. The number of allylic oxidation sites excluding steroid dienone is 1. The highest BCUT2D eigenvalue weighted by Crippen LogP contribution is 2.24. The molecule has 2 rings (SSSR count). The van der Waals surface area contributed by atoms with Gasteiger partial charge < -0.3 is 0 Å². The molecule has 2 nitrogen and oxygen atoms in total. The fraction of sp³-hybridized carbons (Fsp3) is 0. The lowest BCUT2D eigenvalue weighted by molar-refractivity contribution is 0.104. The van der Waals surface area contributed by atoms with Crippen molar-refractivity contribution >= 4 is 39.1 Å². The maximum absolute atomic E-state index is 12.1. The van der Waals surface area contributed by atoms with Crippen LogP contribution in [0.25, 0.3) is 6.08 Å². The average Bonchev–Trinajstić information content (AvgIpc) is 2.82. The van der Waals surface area contributed by atoms with Crippen molar-refractivity contribution in [1.29, 1.82) is 5.26 Å². The Morgan fingerprint density at radius 3 is 2.50 bits per heavy atom. The summed E-state index contributed by atoms with van der Waals surface area (Å²) in [5.74, 6) is -0.248. The van der Waals surface area contributed by atoms with Crippen LogP contribution >= 0.6 is 27.3 Å². The molecule has 88 valence electrons. The molecule has 0 aliphatic rings. The lowest BCUT2D eigenvalue weighted by Gasteiger charge is -1.97. The van der Waals surface area contributed by atoms with Crippen molar-refractivity contribution in [2.75, 3.05) is 0 Å². The van der Waals surface area contributed by atoms with Crippen LogP contribution in [-0.2, 0) is 0 Å². The summed E-state index contributed by atoms with van der Waals surface area (Å²) in [5.41, 5.74) is 0.677. The van der Waals surface area contributed by atoms with E-state index in [-0.39, 0.29) is 11.4 Å². The fourth-order valence-corrected chi connectivity index (χ4v) is 2.81. The molecule has 4 heteroatoms. The molecule has 2 aromatic rings. The smallest absolute Gasteiger partial charge is 0.203 e. The van der Waals surface area contributed by atoms with E-state index < -0.39 is 0 Å². The van der Waals surface area contributed by atoms with Crippen LogP contribution in [0.5, 0.6) is 0 Å². The molecule has 0 spiro atoms. The first-order valence-corrected chi connectivity index (χ1v) is 6.78. The molecule has 0 atom stereocenters. The zero-order valence-corrected chi connectivity index (χ0v) is 11.7. The zero-order valence-electron chi connectivity index (χ0n) is 9.26. The van der Waals surface area contributed by atoms with Gasteiger partial charge in [0.25, 0.3) is 0 Å². The zero-order chi connectivity index (χ0) is 13.0. The van der Waals surface area contributed by atoms with Gasteiger partial charge in [-0.3, -0.25) is 4.79 Å². The first kappa shape index (κ1) is 12.7. The largest absolute Gasteiger partial charge is 0.288 e. The fourth-order valence-electron chi connectivity index (χ4n) is 1.44. The van der Waals surface area contributed by atoms with E-state index in [2.05, 4.69) is 15.9 Å². The number of hydrogen-bond acceptors (Lipinski definition) is 3. The van der Waals surface area contributed by atoms with E-state index in [1.165, 1.54) is 11.3 Å². The average molecular weight is 318 g/mol. The highest BCUT2D eigenvalue weighted by molar-refractivity contribution is 9.11. The normalized spacial score (nSPS) is 11.0. The van der Waals surface area contributed by atoms with Crippen LogP contribution in [0.2, 0.25) is 0 Å². The summed E-state index contributed by atoms with van der Waals surface area (Å²) in [6, 6.07) is 14.5. The van der Waals surface area contributed by atoms with Crippen LogP contribution in [0.15, 0.2) is 51.8 Å². The first-order chi connectivity index (χ1) is 8.70. The maximum Gasteiger partial charge on any atom is 0.203 e. The second kappa shape index (κ2) is 5.76. The number of Topliss-reactive ketones (excluding diaryl/α,β-unsaturated/α-hetero) is 1. The number of nitriles is 1. The minimum Gasteiger partial charge on any atom is -0.288 e. The second-order valence-electron chi connectivity index (χ2n) is 3.51. The quantitative estimate of drug-likeness (QED) is 0.481. The molecule has 0 unspecified atom stereocenters. The number of halogens is 1. The number of carbonyl (C=O) groups is 1. The Bertz CT molecular complexity index is 637. The van der Waals surface area contributed by atoms with E-state index in [0.29, 0.717) is 5.56 Å². The number of benzene rings is 1. The molecule has 0 saturated heterocycles. The molecule has 1 heterocycles. The van der Waals surface area contributed by atoms with Crippen molar-refractivity contribution in [3.8, 4) is 6.07 Å². The van der Waals surface area contributed by atoms with Crippen molar-refractivity contribution in [1.82, 2.24) is 0 Å². The third-order valence-corrected chi connectivity index (χ3v) is 3.85. The van der Waals surface area contributed by atoms with Crippen molar-refractivity contribution < 1.29 is 4.79 Å². The summed E-state index contributed by atoms with van der Waals surface area (Å²) >= 11 is 4.83. The summed E-state index contributed by atoms with van der Waals surface area (Å²) in [6.07, 6.45) is 1.62. The van der Waals surface area contributed by atoms with Crippen molar-refractivity contribution in [2.24, 2.45) is 0 Å². The topological polar surface area (TPSA) is 40.9 Å². The van der Waals surface area contributed by atoms with Gasteiger partial charge in [0.1, 0.15) is 11.6 Å². The Labute approximate surface area is 117 Å². The highest BCUT2D eigenvalue weighted by atomic mass is 79.9. The van der Waals surface area contributed by atoms with Crippen molar-refractivity contribution in [3.63, 3.8) is 0 Å². The highest BCUT2D eigenvalue weighted by Gasteiger charge is 2.11.